The van der Waals surface area contributed by atoms with E-state index in [1.54, 1.807) is 11.1 Å². The number of pyridine rings is 1. The molecule has 1 aromatic heterocycles. The van der Waals surface area contributed by atoms with Crippen molar-refractivity contribution < 1.29 is 9.53 Å². The van der Waals surface area contributed by atoms with Gasteiger partial charge in [0.2, 0.25) is 0 Å². The predicted octanol–water partition coefficient (Wildman–Crippen LogP) is 5.31. The van der Waals surface area contributed by atoms with Gasteiger partial charge in [0.05, 0.1) is 5.69 Å². The van der Waals surface area contributed by atoms with E-state index in [-0.39, 0.29) is 6.04 Å². The molecule has 0 bridgehead atoms. The summed E-state index contributed by atoms with van der Waals surface area (Å²) in [5.74, 6) is 0.656. The van der Waals surface area contributed by atoms with Gasteiger partial charge in [-0.1, -0.05) is 31.2 Å². The summed E-state index contributed by atoms with van der Waals surface area (Å²) in [6, 6.07) is 13.9. The molecule has 1 fully saturated rings. The van der Waals surface area contributed by atoms with Crippen LogP contribution >= 0.6 is 0 Å². The number of nitrogens with zero attached hydrogens (tertiary/aromatic N) is 3. The van der Waals surface area contributed by atoms with Crippen LogP contribution in [0.5, 0.6) is 0 Å². The molecule has 2 aromatic rings. The summed E-state index contributed by atoms with van der Waals surface area (Å²) >= 11 is 0. The Kier molecular flexibility index (Phi) is 5.80. The lowest BCUT2D eigenvalue weighted by atomic mass is 10.0. The molecule has 3 rings (SSSR count). The van der Waals surface area contributed by atoms with E-state index in [1.807, 2.05) is 57.2 Å². The quantitative estimate of drug-likeness (QED) is 0.734. The van der Waals surface area contributed by atoms with Crippen molar-refractivity contribution in [2.45, 2.75) is 52.2 Å². The second kappa shape index (κ2) is 8.09. The smallest absolute Gasteiger partial charge is 0.420 e. The van der Waals surface area contributed by atoms with Gasteiger partial charge in [-0.15, -0.1) is 0 Å². The van der Waals surface area contributed by atoms with Crippen LogP contribution in [0.1, 0.15) is 52.1 Å². The molecule has 0 N–H and O–H groups in total. The molecule has 0 radical (unpaired) electrons. The monoisotopic (exact) mass is 367 g/mol. The summed E-state index contributed by atoms with van der Waals surface area (Å²) in [4.78, 5) is 21.8. The first kappa shape index (κ1) is 19.4. The molecule has 1 saturated heterocycles. The summed E-state index contributed by atoms with van der Waals surface area (Å²) in [7, 11) is 0. The Balaban J connectivity index is 2.07. The summed E-state index contributed by atoms with van der Waals surface area (Å²) < 4.78 is 5.71. The van der Waals surface area contributed by atoms with Gasteiger partial charge in [0, 0.05) is 17.8 Å². The molecule has 27 heavy (non-hydrogen) atoms. The fraction of sp³-hybridized carbons (Fsp3) is 0.455. The Morgan fingerprint density at radius 3 is 2.63 bits per heavy atom. The number of rotatable bonds is 4. The van der Waals surface area contributed by atoms with Crippen molar-refractivity contribution in [3.05, 3.63) is 54.2 Å². The molecule has 1 amide bonds. The van der Waals surface area contributed by atoms with Gasteiger partial charge in [-0.05, 0) is 64.9 Å². The van der Waals surface area contributed by atoms with Gasteiger partial charge in [-0.3, -0.25) is 4.90 Å². The summed E-state index contributed by atoms with van der Waals surface area (Å²) in [6.07, 6.45) is 3.56. The molecule has 2 heterocycles. The van der Waals surface area contributed by atoms with Crippen molar-refractivity contribution in [2.75, 3.05) is 18.0 Å². The van der Waals surface area contributed by atoms with Crippen molar-refractivity contribution in [3.63, 3.8) is 0 Å². The van der Waals surface area contributed by atoms with E-state index in [4.69, 9.17) is 4.74 Å². The molecule has 0 aliphatic carbocycles. The number of aromatic nitrogens is 1. The number of carbonyl (C=O) groups excluding carboxylic acids is 1. The number of hydrogen-bond acceptors (Lipinski definition) is 4. The molecule has 1 aliphatic heterocycles. The first-order valence-electron chi connectivity index (χ1n) is 9.68. The second-order valence-electron chi connectivity index (χ2n) is 7.85. The number of para-hydroxylation sites is 1. The van der Waals surface area contributed by atoms with Crippen LogP contribution in [0, 0.1) is 0 Å². The largest absolute Gasteiger partial charge is 0.443 e. The van der Waals surface area contributed by atoms with Gasteiger partial charge < -0.3 is 4.74 Å². The average Bonchev–Trinajstić information content (AvgIpc) is 3.10. The van der Waals surface area contributed by atoms with Crippen molar-refractivity contribution >= 4 is 17.6 Å². The number of likely N-dealkylation sites (tertiary alicyclic amines) is 1. The van der Waals surface area contributed by atoms with E-state index < -0.39 is 11.7 Å². The Labute approximate surface area is 162 Å². The van der Waals surface area contributed by atoms with Crippen LogP contribution in [0.25, 0.3) is 0 Å². The first-order chi connectivity index (χ1) is 12.9. The molecule has 1 aliphatic rings. The Hall–Kier alpha value is -2.40. The lowest BCUT2D eigenvalue weighted by Crippen LogP contribution is -2.35. The maximum absolute atomic E-state index is 13.1. The third-order valence-electron chi connectivity index (χ3n) is 4.75. The molecule has 5 heteroatoms. The Morgan fingerprint density at radius 1 is 1.22 bits per heavy atom. The van der Waals surface area contributed by atoms with E-state index in [0.29, 0.717) is 5.82 Å². The number of anilines is 2. The van der Waals surface area contributed by atoms with Crippen LogP contribution in [0.4, 0.5) is 16.3 Å². The normalized spacial score (nSPS) is 17.7. The third kappa shape index (κ3) is 4.48. The zero-order valence-corrected chi connectivity index (χ0v) is 16.7. The maximum atomic E-state index is 13.1. The SMILES string of the molecule is CCN1CCC[C@@H]1c1cccnc1N(C(=O)OC(C)(C)C)c1ccccc1. The number of ether oxygens (including phenoxy) is 1. The number of benzene rings is 1. The molecule has 144 valence electrons. The number of hydrogen-bond donors (Lipinski definition) is 0. The highest BCUT2D eigenvalue weighted by atomic mass is 16.6. The van der Waals surface area contributed by atoms with Crippen molar-refractivity contribution in [1.82, 2.24) is 9.88 Å². The third-order valence-corrected chi connectivity index (χ3v) is 4.75. The van der Waals surface area contributed by atoms with E-state index in [1.165, 1.54) is 0 Å². The summed E-state index contributed by atoms with van der Waals surface area (Å²) in [6.45, 7) is 9.87. The Morgan fingerprint density at radius 2 is 1.96 bits per heavy atom. The minimum absolute atomic E-state index is 0.271. The van der Waals surface area contributed by atoms with E-state index >= 15 is 0 Å². The standard InChI is InChI=1S/C22H29N3O2/c1-5-24-16-10-14-19(24)18-13-9-15-23-20(18)25(17-11-7-6-8-12-17)21(26)27-22(2,3)4/h6-9,11-13,15,19H,5,10,14,16H2,1-4H3/t19-/m1/s1. The van der Waals surface area contributed by atoms with Crippen LogP contribution in [0.2, 0.25) is 0 Å². The number of carbonyl (C=O) groups is 1. The molecule has 5 nitrogen and oxygen atoms in total. The predicted molar refractivity (Wildman–Crippen MR) is 108 cm³/mol. The average molecular weight is 367 g/mol. The lowest BCUT2D eigenvalue weighted by Gasteiger charge is -2.31. The van der Waals surface area contributed by atoms with Crippen LogP contribution in [-0.4, -0.2) is 34.7 Å². The minimum Gasteiger partial charge on any atom is -0.443 e. The van der Waals surface area contributed by atoms with Gasteiger partial charge in [0.25, 0.3) is 0 Å². The number of amides is 1. The van der Waals surface area contributed by atoms with Crippen LogP contribution in [0.15, 0.2) is 48.7 Å². The van der Waals surface area contributed by atoms with E-state index in [9.17, 15) is 4.79 Å². The highest BCUT2D eigenvalue weighted by molar-refractivity contribution is 5.96. The van der Waals surface area contributed by atoms with Crippen LogP contribution in [0.3, 0.4) is 0 Å². The molecule has 0 saturated carbocycles. The molecular formula is C22H29N3O2. The maximum Gasteiger partial charge on any atom is 0.420 e. The molecule has 0 spiro atoms. The molecule has 1 aromatic carbocycles. The lowest BCUT2D eigenvalue weighted by molar-refractivity contribution is 0.0597. The van der Waals surface area contributed by atoms with E-state index in [0.717, 1.165) is 37.2 Å². The Bertz CT molecular complexity index is 771. The highest BCUT2D eigenvalue weighted by Crippen LogP contribution is 2.38. The van der Waals surface area contributed by atoms with Gasteiger partial charge in [0.1, 0.15) is 11.4 Å². The van der Waals surface area contributed by atoms with Gasteiger partial charge in [-0.25, -0.2) is 14.7 Å². The van der Waals surface area contributed by atoms with E-state index in [2.05, 4.69) is 22.9 Å². The van der Waals surface area contributed by atoms with Crippen molar-refractivity contribution in [3.8, 4) is 0 Å². The fourth-order valence-corrected chi connectivity index (χ4v) is 3.61. The minimum atomic E-state index is -0.581. The zero-order valence-electron chi connectivity index (χ0n) is 16.7. The molecule has 0 unspecified atom stereocenters. The van der Waals surface area contributed by atoms with Gasteiger partial charge in [0.15, 0.2) is 0 Å². The van der Waals surface area contributed by atoms with Crippen molar-refractivity contribution in [2.24, 2.45) is 0 Å². The summed E-state index contributed by atoms with van der Waals surface area (Å²) in [5, 5.41) is 0. The summed E-state index contributed by atoms with van der Waals surface area (Å²) in [5.41, 5.74) is 1.25. The first-order valence-corrected chi connectivity index (χ1v) is 9.68. The second-order valence-corrected chi connectivity index (χ2v) is 7.85. The molecule has 1 atom stereocenters. The molecular weight excluding hydrogens is 338 g/mol. The van der Waals surface area contributed by atoms with Gasteiger partial charge in [-0.2, -0.15) is 0 Å². The highest BCUT2D eigenvalue weighted by Gasteiger charge is 2.32. The zero-order chi connectivity index (χ0) is 19.4. The topological polar surface area (TPSA) is 45.7 Å². The van der Waals surface area contributed by atoms with Crippen LogP contribution in [-0.2, 0) is 4.74 Å². The van der Waals surface area contributed by atoms with Gasteiger partial charge >= 0.3 is 6.09 Å². The van der Waals surface area contributed by atoms with Crippen LogP contribution < -0.4 is 4.90 Å². The van der Waals surface area contributed by atoms with Crippen molar-refractivity contribution in [1.29, 1.82) is 0 Å². The fourth-order valence-electron chi connectivity index (χ4n) is 3.61.